The summed E-state index contributed by atoms with van der Waals surface area (Å²) in [6.07, 6.45) is 0.925. The van der Waals surface area contributed by atoms with E-state index in [0.29, 0.717) is 0 Å². The molecule has 0 fully saturated rings. The molecule has 21 heavy (non-hydrogen) atoms. The Balaban J connectivity index is 1.68. The number of fused-ring (bicyclic) bond motifs is 1. The molecule has 3 rings (SSSR count). The van der Waals surface area contributed by atoms with Crippen LogP contribution in [0.5, 0.6) is 5.75 Å². The maximum Gasteiger partial charge on any atom is 0.323 e. The lowest BCUT2D eigenvalue weighted by Crippen LogP contribution is -2.20. The predicted molar refractivity (Wildman–Crippen MR) is 84.3 cm³/mol. The molecule has 0 radical (unpaired) electrons. The topological polar surface area (TPSA) is 62.4 Å². The summed E-state index contributed by atoms with van der Waals surface area (Å²) in [6, 6.07) is 12.8. The number of anilines is 3. The van der Waals surface area contributed by atoms with Crippen LogP contribution >= 0.6 is 0 Å². The first-order chi connectivity index (χ1) is 10.3. The van der Waals surface area contributed by atoms with Gasteiger partial charge in [0.2, 0.25) is 0 Å². The quantitative estimate of drug-likeness (QED) is 0.810. The van der Waals surface area contributed by atoms with Crippen molar-refractivity contribution in [1.82, 2.24) is 0 Å². The fourth-order valence-corrected chi connectivity index (χ4v) is 2.42. The number of urea groups is 1. The lowest BCUT2D eigenvalue weighted by Gasteiger charge is -2.11. The van der Waals surface area contributed by atoms with Crippen LogP contribution in [0, 0.1) is 0 Å². The molecule has 5 nitrogen and oxygen atoms in total. The number of rotatable bonds is 3. The first-order valence-corrected chi connectivity index (χ1v) is 6.84. The van der Waals surface area contributed by atoms with E-state index < -0.39 is 0 Å². The van der Waals surface area contributed by atoms with E-state index in [2.05, 4.69) is 16.0 Å². The molecule has 2 amide bonds. The van der Waals surface area contributed by atoms with Gasteiger partial charge >= 0.3 is 6.03 Å². The van der Waals surface area contributed by atoms with Crippen LogP contribution < -0.4 is 20.7 Å². The minimum absolute atomic E-state index is 0.250. The van der Waals surface area contributed by atoms with Crippen LogP contribution in [0.4, 0.5) is 21.9 Å². The van der Waals surface area contributed by atoms with Gasteiger partial charge < -0.3 is 20.7 Å². The third-order valence-corrected chi connectivity index (χ3v) is 3.46. The van der Waals surface area contributed by atoms with Crippen molar-refractivity contribution in [3.05, 3.63) is 48.0 Å². The zero-order chi connectivity index (χ0) is 14.7. The van der Waals surface area contributed by atoms with Crippen molar-refractivity contribution >= 4 is 23.1 Å². The van der Waals surface area contributed by atoms with Crippen molar-refractivity contribution in [3.8, 4) is 5.75 Å². The summed E-state index contributed by atoms with van der Waals surface area (Å²) in [5.41, 5.74) is 3.82. The summed E-state index contributed by atoms with van der Waals surface area (Å²) in [6.45, 7) is 0.911. The van der Waals surface area contributed by atoms with E-state index in [0.717, 1.165) is 41.3 Å². The molecule has 1 aliphatic rings. The van der Waals surface area contributed by atoms with Crippen LogP contribution in [0.15, 0.2) is 42.5 Å². The smallest absolute Gasteiger partial charge is 0.323 e. The van der Waals surface area contributed by atoms with Crippen molar-refractivity contribution in [2.45, 2.75) is 6.42 Å². The SMILES string of the molecule is COc1ccc(NC(=O)Nc2cccc3c2CCN3)cc1. The maximum atomic E-state index is 12.1. The average molecular weight is 283 g/mol. The standard InChI is InChI=1S/C16H17N3O2/c1-21-12-7-5-11(6-8-12)18-16(20)19-15-4-2-3-14-13(15)9-10-17-14/h2-8,17H,9-10H2,1H3,(H2,18,19,20). The van der Waals surface area contributed by atoms with Gasteiger partial charge in [-0.1, -0.05) is 6.07 Å². The molecule has 108 valence electrons. The third kappa shape index (κ3) is 2.91. The molecule has 0 saturated carbocycles. The Morgan fingerprint density at radius 3 is 2.71 bits per heavy atom. The molecule has 0 aromatic heterocycles. The second-order valence-corrected chi connectivity index (χ2v) is 4.82. The number of carbonyl (C=O) groups excluding carboxylic acids is 1. The Hall–Kier alpha value is -2.69. The zero-order valence-electron chi connectivity index (χ0n) is 11.8. The first kappa shape index (κ1) is 13.3. The van der Waals surface area contributed by atoms with Gasteiger partial charge in [0, 0.05) is 29.2 Å². The molecule has 0 saturated heterocycles. The molecule has 1 aliphatic heterocycles. The summed E-state index contributed by atoms with van der Waals surface area (Å²) in [7, 11) is 1.61. The van der Waals surface area contributed by atoms with Crippen LogP contribution in [0.1, 0.15) is 5.56 Å². The largest absolute Gasteiger partial charge is 0.497 e. The molecule has 2 aromatic carbocycles. The number of methoxy groups -OCH3 is 1. The van der Waals surface area contributed by atoms with Crippen molar-refractivity contribution in [3.63, 3.8) is 0 Å². The fraction of sp³-hybridized carbons (Fsp3) is 0.188. The summed E-state index contributed by atoms with van der Waals surface area (Å²) in [5.74, 6) is 0.757. The Kier molecular flexibility index (Phi) is 3.64. The van der Waals surface area contributed by atoms with E-state index in [-0.39, 0.29) is 6.03 Å². The van der Waals surface area contributed by atoms with E-state index in [4.69, 9.17) is 4.74 Å². The molecule has 1 heterocycles. The first-order valence-electron chi connectivity index (χ1n) is 6.84. The van der Waals surface area contributed by atoms with Crippen LogP contribution in [0.3, 0.4) is 0 Å². The van der Waals surface area contributed by atoms with Gasteiger partial charge in [-0.3, -0.25) is 0 Å². The zero-order valence-corrected chi connectivity index (χ0v) is 11.8. The number of hydrogen-bond acceptors (Lipinski definition) is 3. The van der Waals surface area contributed by atoms with Gasteiger partial charge in [-0.25, -0.2) is 4.79 Å². The number of carbonyl (C=O) groups is 1. The molecule has 2 aromatic rings. The van der Waals surface area contributed by atoms with Crippen LogP contribution in [-0.4, -0.2) is 19.7 Å². The second kappa shape index (κ2) is 5.75. The molecule has 0 atom stereocenters. The highest BCUT2D eigenvalue weighted by Gasteiger charge is 2.15. The molecule has 3 N–H and O–H groups in total. The van der Waals surface area contributed by atoms with E-state index in [1.54, 1.807) is 31.4 Å². The Morgan fingerprint density at radius 2 is 1.95 bits per heavy atom. The van der Waals surface area contributed by atoms with Crippen LogP contribution in [-0.2, 0) is 6.42 Å². The summed E-state index contributed by atoms with van der Waals surface area (Å²) >= 11 is 0. The minimum Gasteiger partial charge on any atom is -0.497 e. The van der Waals surface area contributed by atoms with Gasteiger partial charge in [0.25, 0.3) is 0 Å². The highest BCUT2D eigenvalue weighted by molar-refractivity contribution is 6.00. The lowest BCUT2D eigenvalue weighted by atomic mass is 10.1. The summed E-state index contributed by atoms with van der Waals surface area (Å²) < 4.78 is 5.08. The number of amides is 2. The Morgan fingerprint density at radius 1 is 1.14 bits per heavy atom. The minimum atomic E-state index is -0.250. The second-order valence-electron chi connectivity index (χ2n) is 4.82. The highest BCUT2D eigenvalue weighted by atomic mass is 16.5. The highest BCUT2D eigenvalue weighted by Crippen LogP contribution is 2.29. The van der Waals surface area contributed by atoms with Gasteiger partial charge in [-0.2, -0.15) is 0 Å². The lowest BCUT2D eigenvalue weighted by molar-refractivity contribution is 0.262. The molecular weight excluding hydrogens is 266 g/mol. The molecule has 5 heteroatoms. The molecular formula is C16H17N3O2. The molecule has 0 spiro atoms. The normalized spacial score (nSPS) is 12.2. The number of benzene rings is 2. The van der Waals surface area contributed by atoms with Crippen molar-refractivity contribution in [2.24, 2.45) is 0 Å². The molecule has 0 aliphatic carbocycles. The van der Waals surface area contributed by atoms with Gasteiger partial charge in [0.15, 0.2) is 0 Å². The van der Waals surface area contributed by atoms with Crippen molar-refractivity contribution in [2.75, 3.05) is 29.6 Å². The van der Waals surface area contributed by atoms with Crippen molar-refractivity contribution in [1.29, 1.82) is 0 Å². The fourth-order valence-electron chi connectivity index (χ4n) is 2.42. The number of hydrogen-bond donors (Lipinski definition) is 3. The molecule has 0 unspecified atom stereocenters. The van der Waals surface area contributed by atoms with E-state index in [9.17, 15) is 4.79 Å². The van der Waals surface area contributed by atoms with Gasteiger partial charge in [-0.15, -0.1) is 0 Å². The van der Waals surface area contributed by atoms with Gasteiger partial charge in [-0.05, 0) is 42.8 Å². The number of nitrogens with one attached hydrogen (secondary N) is 3. The Labute approximate surface area is 123 Å². The summed E-state index contributed by atoms with van der Waals surface area (Å²) in [5, 5.41) is 9.00. The van der Waals surface area contributed by atoms with Crippen molar-refractivity contribution < 1.29 is 9.53 Å². The molecule has 0 bridgehead atoms. The van der Waals surface area contributed by atoms with Gasteiger partial charge in [0.05, 0.1) is 7.11 Å². The predicted octanol–water partition coefficient (Wildman–Crippen LogP) is 3.31. The maximum absolute atomic E-state index is 12.1. The average Bonchev–Trinajstić information content (AvgIpc) is 2.97. The van der Waals surface area contributed by atoms with Gasteiger partial charge in [0.1, 0.15) is 5.75 Å². The van der Waals surface area contributed by atoms with Crippen LogP contribution in [0.2, 0.25) is 0 Å². The monoisotopic (exact) mass is 283 g/mol. The van der Waals surface area contributed by atoms with E-state index >= 15 is 0 Å². The third-order valence-electron chi connectivity index (χ3n) is 3.46. The number of ether oxygens (including phenoxy) is 1. The van der Waals surface area contributed by atoms with Crippen LogP contribution in [0.25, 0.3) is 0 Å². The Bertz CT molecular complexity index is 653. The van der Waals surface area contributed by atoms with E-state index in [1.807, 2.05) is 18.2 Å². The van der Waals surface area contributed by atoms with E-state index in [1.165, 1.54) is 0 Å². The summed E-state index contributed by atoms with van der Waals surface area (Å²) in [4.78, 5) is 12.1.